The molecule has 3 N–H and O–H groups in total. The van der Waals surface area contributed by atoms with Crippen molar-refractivity contribution in [1.82, 2.24) is 4.98 Å². The maximum atomic E-state index is 12.8. The number of rotatable bonds is 6. The van der Waals surface area contributed by atoms with Gasteiger partial charge in [0.2, 0.25) is 5.91 Å². The number of sulfone groups is 1. The molecule has 0 aliphatic heterocycles. The predicted molar refractivity (Wildman–Crippen MR) is 122 cm³/mol. The number of nitrogens with one attached hydrogen (secondary N) is 2. The molecule has 1 atom stereocenters. The van der Waals surface area contributed by atoms with Gasteiger partial charge >= 0.3 is 0 Å². The van der Waals surface area contributed by atoms with Gasteiger partial charge in [0.25, 0.3) is 5.91 Å². The Labute approximate surface area is 190 Å². The van der Waals surface area contributed by atoms with Crippen molar-refractivity contribution in [3.63, 3.8) is 0 Å². The molecule has 0 saturated carbocycles. The molecule has 1 aromatic heterocycles. The molecular formula is C22H20ClN3O5S. The number of nitrogens with zero attached hydrogens (tertiary/aromatic N) is 1. The summed E-state index contributed by atoms with van der Waals surface area (Å²) >= 11 is 6.19. The second-order valence-corrected chi connectivity index (χ2v) is 9.69. The Kier molecular flexibility index (Phi) is 6.81. The summed E-state index contributed by atoms with van der Waals surface area (Å²) in [4.78, 5) is 28.8. The third-order valence-electron chi connectivity index (χ3n) is 4.64. The summed E-state index contributed by atoms with van der Waals surface area (Å²) in [6.07, 6.45) is 1.45. The van der Waals surface area contributed by atoms with Crippen molar-refractivity contribution in [2.24, 2.45) is 0 Å². The van der Waals surface area contributed by atoms with Gasteiger partial charge in [-0.15, -0.1) is 0 Å². The average Bonchev–Trinajstić information content (AvgIpc) is 2.77. The Bertz CT molecular complexity index is 1280. The van der Waals surface area contributed by atoms with E-state index in [4.69, 9.17) is 11.6 Å². The second-order valence-electron chi connectivity index (χ2n) is 7.01. The summed E-state index contributed by atoms with van der Waals surface area (Å²) in [5, 5.41) is 13.7. The fourth-order valence-corrected chi connectivity index (χ4v) is 4.39. The van der Waals surface area contributed by atoms with Crippen molar-refractivity contribution >= 4 is 44.6 Å². The van der Waals surface area contributed by atoms with Gasteiger partial charge in [-0.3, -0.25) is 14.6 Å². The van der Waals surface area contributed by atoms with E-state index in [9.17, 15) is 23.1 Å². The van der Waals surface area contributed by atoms with Gasteiger partial charge in [0.05, 0.1) is 21.3 Å². The third-order valence-corrected chi connectivity index (χ3v) is 7.01. The number of carbonyl (C=O) groups is 2. The maximum absolute atomic E-state index is 12.8. The van der Waals surface area contributed by atoms with E-state index >= 15 is 0 Å². The highest BCUT2D eigenvalue weighted by Crippen LogP contribution is 2.34. The zero-order chi connectivity index (χ0) is 23.5. The summed E-state index contributed by atoms with van der Waals surface area (Å²) < 4.78 is 25.6. The third kappa shape index (κ3) is 5.06. The summed E-state index contributed by atoms with van der Waals surface area (Å²) in [7, 11) is -3.94. The lowest BCUT2D eigenvalue weighted by Gasteiger charge is -2.16. The monoisotopic (exact) mass is 473 g/mol. The van der Waals surface area contributed by atoms with Crippen molar-refractivity contribution in [2.75, 3.05) is 10.6 Å². The Morgan fingerprint density at radius 3 is 2.44 bits per heavy atom. The molecule has 0 aliphatic carbocycles. The van der Waals surface area contributed by atoms with Crippen LogP contribution in [-0.4, -0.2) is 35.6 Å². The normalized spacial score (nSPS) is 12.1. The van der Waals surface area contributed by atoms with Crippen LogP contribution < -0.4 is 10.6 Å². The number of benzene rings is 2. The molecule has 3 aromatic rings. The number of phenolic OH excluding ortho intramolecular Hbond substituents is 1. The van der Waals surface area contributed by atoms with Gasteiger partial charge in [-0.2, -0.15) is 0 Å². The first-order valence-corrected chi connectivity index (χ1v) is 11.4. The number of hydrogen-bond donors (Lipinski definition) is 3. The van der Waals surface area contributed by atoms with Crippen LogP contribution in [0.25, 0.3) is 0 Å². The Hall–Kier alpha value is -3.43. The molecule has 32 heavy (non-hydrogen) atoms. The van der Waals surface area contributed by atoms with Crippen molar-refractivity contribution in [1.29, 1.82) is 0 Å². The van der Waals surface area contributed by atoms with E-state index in [1.54, 1.807) is 31.2 Å². The number of aryl methyl sites for hydroxylation is 1. The van der Waals surface area contributed by atoms with Gasteiger partial charge in [0.15, 0.2) is 9.84 Å². The van der Waals surface area contributed by atoms with Gasteiger partial charge in [-0.05, 0) is 49.7 Å². The van der Waals surface area contributed by atoms with E-state index in [2.05, 4.69) is 15.6 Å². The molecule has 10 heteroatoms. The van der Waals surface area contributed by atoms with Crippen molar-refractivity contribution in [3.05, 3.63) is 77.1 Å². The molecule has 166 valence electrons. The maximum Gasteiger partial charge on any atom is 0.274 e. The number of amides is 2. The molecule has 0 saturated heterocycles. The topological polar surface area (TPSA) is 125 Å². The molecule has 0 aliphatic rings. The van der Waals surface area contributed by atoms with Gasteiger partial charge in [-0.25, -0.2) is 8.42 Å². The lowest BCUT2D eigenvalue weighted by atomic mass is 10.2. The number of phenols is 1. The summed E-state index contributed by atoms with van der Waals surface area (Å²) in [6.45, 7) is 3.02. The van der Waals surface area contributed by atoms with Crippen LogP contribution in [-0.2, 0) is 14.6 Å². The fraction of sp³-hybridized carbons (Fsp3) is 0.136. The molecule has 0 spiro atoms. The number of aromatic nitrogens is 1. The quantitative estimate of drug-likeness (QED) is 0.467. The molecule has 2 amide bonds. The number of hydrogen-bond acceptors (Lipinski definition) is 6. The first-order valence-electron chi connectivity index (χ1n) is 9.46. The Morgan fingerprint density at radius 1 is 1.03 bits per heavy atom. The molecule has 3 rings (SSSR count). The molecule has 1 heterocycles. The first kappa shape index (κ1) is 23.2. The largest absolute Gasteiger partial charge is 0.506 e. The highest BCUT2D eigenvalue weighted by Gasteiger charge is 2.30. The van der Waals surface area contributed by atoms with Crippen LogP contribution in [0.15, 0.2) is 65.7 Å². The van der Waals surface area contributed by atoms with Crippen molar-refractivity contribution in [2.45, 2.75) is 24.0 Å². The number of pyridine rings is 1. The minimum atomic E-state index is -3.94. The zero-order valence-corrected chi connectivity index (χ0v) is 18.7. The standard InChI is InChI=1S/C22H20ClN3O5S/c1-13-6-5-7-15(10-13)32(30,31)14(2)21(28)25-18-12-20(27)19(11-16(18)23)26-22(29)17-8-3-4-9-24-17/h3-12,14,27H,1-2H3,(H,25,28)(H,26,29). The van der Waals surface area contributed by atoms with Gasteiger partial charge in [-0.1, -0.05) is 29.8 Å². The van der Waals surface area contributed by atoms with E-state index in [1.165, 1.54) is 37.4 Å². The van der Waals surface area contributed by atoms with Gasteiger partial charge in [0, 0.05) is 12.3 Å². The molecule has 1 unspecified atom stereocenters. The van der Waals surface area contributed by atoms with Gasteiger partial charge in [0.1, 0.15) is 16.7 Å². The van der Waals surface area contributed by atoms with Crippen molar-refractivity contribution in [3.8, 4) is 5.75 Å². The zero-order valence-electron chi connectivity index (χ0n) is 17.2. The predicted octanol–water partition coefficient (Wildman–Crippen LogP) is 3.80. The molecule has 0 bridgehead atoms. The second kappa shape index (κ2) is 9.37. The number of halogens is 1. The average molecular weight is 474 g/mol. The lowest BCUT2D eigenvalue weighted by molar-refractivity contribution is -0.115. The molecular weight excluding hydrogens is 454 g/mol. The van der Waals surface area contributed by atoms with Crippen LogP contribution in [0.1, 0.15) is 23.0 Å². The Morgan fingerprint density at radius 2 is 1.78 bits per heavy atom. The van der Waals surface area contributed by atoms with Crippen LogP contribution in [0.3, 0.4) is 0 Å². The number of aromatic hydroxyl groups is 1. The van der Waals surface area contributed by atoms with Crippen LogP contribution in [0.5, 0.6) is 5.75 Å². The van der Waals surface area contributed by atoms with E-state index in [1.807, 2.05) is 0 Å². The number of anilines is 2. The summed E-state index contributed by atoms with van der Waals surface area (Å²) in [6, 6.07) is 13.4. The van der Waals surface area contributed by atoms with E-state index in [0.29, 0.717) is 0 Å². The molecule has 0 radical (unpaired) electrons. The van der Waals surface area contributed by atoms with Crippen LogP contribution >= 0.6 is 11.6 Å². The molecule has 2 aromatic carbocycles. The number of carbonyl (C=O) groups excluding carboxylic acids is 2. The minimum absolute atomic E-state index is 0.00343. The summed E-state index contributed by atoms with van der Waals surface area (Å²) in [5.41, 5.74) is 0.881. The SMILES string of the molecule is Cc1cccc(S(=O)(=O)C(C)C(=O)Nc2cc(O)c(NC(=O)c3ccccn3)cc2Cl)c1. The van der Waals surface area contributed by atoms with Crippen molar-refractivity contribution < 1.29 is 23.1 Å². The Balaban J connectivity index is 1.78. The van der Waals surface area contributed by atoms with E-state index in [0.717, 1.165) is 11.6 Å². The fourth-order valence-electron chi connectivity index (χ4n) is 2.81. The minimum Gasteiger partial charge on any atom is -0.506 e. The van der Waals surface area contributed by atoms with E-state index in [-0.39, 0.29) is 32.7 Å². The van der Waals surface area contributed by atoms with Gasteiger partial charge < -0.3 is 15.7 Å². The highest BCUT2D eigenvalue weighted by atomic mass is 35.5. The lowest BCUT2D eigenvalue weighted by Crippen LogP contribution is -2.32. The molecule has 8 nitrogen and oxygen atoms in total. The van der Waals surface area contributed by atoms with Crippen LogP contribution in [0, 0.1) is 6.92 Å². The smallest absolute Gasteiger partial charge is 0.274 e. The van der Waals surface area contributed by atoms with Crippen LogP contribution in [0.4, 0.5) is 11.4 Å². The molecule has 0 fully saturated rings. The first-order chi connectivity index (χ1) is 15.1. The highest BCUT2D eigenvalue weighted by molar-refractivity contribution is 7.92. The van der Waals surface area contributed by atoms with Crippen LogP contribution in [0.2, 0.25) is 5.02 Å². The summed E-state index contributed by atoms with van der Waals surface area (Å²) in [5.74, 6) is -1.76. The van der Waals surface area contributed by atoms with E-state index < -0.39 is 26.9 Å².